The van der Waals surface area contributed by atoms with E-state index in [2.05, 4.69) is 13.8 Å². The first-order valence-corrected chi connectivity index (χ1v) is 13.3. The van der Waals surface area contributed by atoms with Crippen molar-refractivity contribution in [3.8, 4) is 16.9 Å². The number of carbonyl (C=O) groups is 1. The number of hydrogen-bond acceptors (Lipinski definition) is 2. The fraction of sp³-hybridized carbons (Fsp3) is 0.567. The minimum absolute atomic E-state index is 0.292. The Hall–Kier alpha value is -2.36. The Balaban J connectivity index is 1.87. The van der Waals surface area contributed by atoms with Crippen molar-refractivity contribution < 1.29 is 19.0 Å². The zero-order chi connectivity index (χ0) is 24.6. The van der Waals surface area contributed by atoms with Gasteiger partial charge in [0, 0.05) is 0 Å². The van der Waals surface area contributed by atoms with Gasteiger partial charge < -0.3 is 9.84 Å². The second-order valence-corrected chi connectivity index (χ2v) is 9.33. The van der Waals surface area contributed by atoms with Crippen molar-refractivity contribution >= 4 is 5.97 Å². The van der Waals surface area contributed by atoms with E-state index < -0.39 is 11.9 Å². The van der Waals surface area contributed by atoms with Crippen LogP contribution in [0.3, 0.4) is 0 Å². The fourth-order valence-corrected chi connectivity index (χ4v) is 4.33. The summed E-state index contributed by atoms with van der Waals surface area (Å²) in [4.78, 5) is 11.8. The van der Waals surface area contributed by atoms with Crippen molar-refractivity contribution in [2.24, 2.45) is 0 Å². The number of halogens is 1. The molecule has 34 heavy (non-hydrogen) atoms. The standard InChI is InChI=1S/C30H43FO3/c1-3-5-7-9-10-12-14-22-34-29-21-20-26(23-28(29)31)24-16-18-25(19-17-24)27(30(32)33)15-13-11-8-6-4-2/h16-21,23,27H,3-15,22H2,1-2H3,(H,32,33). The van der Waals surface area contributed by atoms with E-state index in [4.69, 9.17) is 4.74 Å². The summed E-state index contributed by atoms with van der Waals surface area (Å²) in [5.41, 5.74) is 2.44. The first kappa shape index (κ1) is 27.9. The lowest BCUT2D eigenvalue weighted by atomic mass is 9.91. The minimum Gasteiger partial charge on any atom is -0.491 e. The monoisotopic (exact) mass is 470 g/mol. The number of carboxylic acids is 1. The topological polar surface area (TPSA) is 46.5 Å². The summed E-state index contributed by atoms with van der Waals surface area (Å²) in [6.07, 6.45) is 14.6. The van der Waals surface area contributed by atoms with Crippen molar-refractivity contribution in [2.75, 3.05) is 6.61 Å². The predicted octanol–water partition coefficient (Wildman–Crippen LogP) is 9.15. The molecule has 188 valence electrons. The highest BCUT2D eigenvalue weighted by Gasteiger charge is 2.19. The van der Waals surface area contributed by atoms with Crippen molar-refractivity contribution in [1.29, 1.82) is 0 Å². The second-order valence-electron chi connectivity index (χ2n) is 9.33. The molecule has 2 aromatic carbocycles. The van der Waals surface area contributed by atoms with E-state index in [-0.39, 0.29) is 5.82 Å². The first-order valence-electron chi connectivity index (χ1n) is 13.3. The van der Waals surface area contributed by atoms with Gasteiger partial charge in [0.05, 0.1) is 12.5 Å². The van der Waals surface area contributed by atoms with Gasteiger partial charge in [-0.05, 0) is 41.7 Å². The van der Waals surface area contributed by atoms with Crippen molar-refractivity contribution in [3.05, 3.63) is 53.8 Å². The van der Waals surface area contributed by atoms with Crippen LogP contribution in [0.2, 0.25) is 0 Å². The van der Waals surface area contributed by atoms with E-state index in [1.807, 2.05) is 30.3 Å². The Kier molecular flexibility index (Phi) is 13.4. The Labute approximate surface area is 205 Å². The number of hydrogen-bond donors (Lipinski definition) is 1. The lowest BCUT2D eigenvalue weighted by Gasteiger charge is -2.14. The van der Waals surface area contributed by atoms with Gasteiger partial charge in [-0.3, -0.25) is 4.79 Å². The Morgan fingerprint density at radius 1 is 0.794 bits per heavy atom. The van der Waals surface area contributed by atoms with Crippen LogP contribution in [0.1, 0.15) is 109 Å². The molecular formula is C30H43FO3. The molecule has 2 rings (SSSR count). The van der Waals surface area contributed by atoms with E-state index in [1.165, 1.54) is 51.0 Å². The summed E-state index contributed by atoms with van der Waals surface area (Å²) in [6, 6.07) is 12.5. The van der Waals surface area contributed by atoms with Crippen LogP contribution in [0.4, 0.5) is 4.39 Å². The number of carboxylic acid groups (broad SMARTS) is 1. The van der Waals surface area contributed by atoms with E-state index in [0.29, 0.717) is 18.8 Å². The molecule has 0 aromatic heterocycles. The predicted molar refractivity (Wildman–Crippen MR) is 139 cm³/mol. The summed E-state index contributed by atoms with van der Waals surface area (Å²) >= 11 is 0. The highest BCUT2D eigenvalue weighted by molar-refractivity contribution is 5.76. The largest absolute Gasteiger partial charge is 0.491 e. The molecule has 0 aliphatic rings. The third kappa shape index (κ3) is 9.87. The number of rotatable bonds is 18. The van der Waals surface area contributed by atoms with Gasteiger partial charge in [0.1, 0.15) is 0 Å². The molecule has 1 atom stereocenters. The molecule has 0 bridgehead atoms. The van der Waals surface area contributed by atoms with E-state index >= 15 is 0 Å². The number of benzene rings is 2. The van der Waals surface area contributed by atoms with Crippen LogP contribution in [-0.2, 0) is 4.79 Å². The maximum Gasteiger partial charge on any atom is 0.310 e. The second kappa shape index (κ2) is 16.3. The minimum atomic E-state index is -0.781. The summed E-state index contributed by atoms with van der Waals surface area (Å²) in [6.45, 7) is 4.92. The van der Waals surface area contributed by atoms with Crippen LogP contribution >= 0.6 is 0 Å². The summed E-state index contributed by atoms with van der Waals surface area (Å²) in [7, 11) is 0. The van der Waals surface area contributed by atoms with Crippen LogP contribution in [0.15, 0.2) is 42.5 Å². The molecule has 0 saturated carbocycles. The Morgan fingerprint density at radius 3 is 1.94 bits per heavy atom. The van der Waals surface area contributed by atoms with Crippen LogP contribution in [0.25, 0.3) is 11.1 Å². The van der Waals surface area contributed by atoms with Crippen LogP contribution in [0.5, 0.6) is 5.75 Å². The van der Waals surface area contributed by atoms with Gasteiger partial charge in [-0.2, -0.15) is 0 Å². The maximum absolute atomic E-state index is 14.6. The molecule has 0 aliphatic heterocycles. The quantitative estimate of drug-likeness (QED) is 0.221. The highest BCUT2D eigenvalue weighted by atomic mass is 19.1. The van der Waals surface area contributed by atoms with Gasteiger partial charge in [-0.25, -0.2) is 4.39 Å². The maximum atomic E-state index is 14.6. The molecule has 0 fully saturated rings. The molecular weight excluding hydrogens is 427 g/mol. The zero-order valence-electron chi connectivity index (χ0n) is 21.2. The van der Waals surface area contributed by atoms with Crippen LogP contribution in [0, 0.1) is 5.82 Å². The molecule has 0 spiro atoms. The summed E-state index contributed by atoms with van der Waals surface area (Å²) < 4.78 is 20.2. The van der Waals surface area contributed by atoms with Gasteiger partial charge in [0.2, 0.25) is 0 Å². The number of ether oxygens (including phenoxy) is 1. The molecule has 0 heterocycles. The average Bonchev–Trinajstić information content (AvgIpc) is 2.84. The van der Waals surface area contributed by atoms with E-state index in [0.717, 1.165) is 48.8 Å². The Bertz CT molecular complexity index is 831. The normalized spacial score (nSPS) is 12.0. The van der Waals surface area contributed by atoms with E-state index in [9.17, 15) is 14.3 Å². The molecule has 0 saturated heterocycles. The van der Waals surface area contributed by atoms with Gasteiger partial charge in [0.15, 0.2) is 11.6 Å². The number of aliphatic carboxylic acids is 1. The van der Waals surface area contributed by atoms with Gasteiger partial charge in [-0.15, -0.1) is 0 Å². The highest BCUT2D eigenvalue weighted by Crippen LogP contribution is 2.29. The van der Waals surface area contributed by atoms with Gasteiger partial charge in [-0.1, -0.05) is 115 Å². The molecule has 4 heteroatoms. The van der Waals surface area contributed by atoms with Crippen LogP contribution in [-0.4, -0.2) is 17.7 Å². The van der Waals surface area contributed by atoms with Gasteiger partial charge >= 0.3 is 5.97 Å². The third-order valence-corrected chi connectivity index (χ3v) is 6.48. The summed E-state index contributed by atoms with van der Waals surface area (Å²) in [5, 5.41) is 9.67. The van der Waals surface area contributed by atoms with E-state index in [1.54, 1.807) is 6.07 Å². The third-order valence-electron chi connectivity index (χ3n) is 6.48. The molecule has 0 radical (unpaired) electrons. The van der Waals surface area contributed by atoms with Crippen molar-refractivity contribution in [1.82, 2.24) is 0 Å². The molecule has 1 N–H and O–H groups in total. The number of unbranched alkanes of at least 4 members (excludes halogenated alkanes) is 10. The Morgan fingerprint density at radius 2 is 1.35 bits per heavy atom. The SMILES string of the molecule is CCCCCCCCCOc1ccc(-c2ccc(C(CCCCCCC)C(=O)O)cc2)cc1F. The van der Waals surface area contributed by atoms with Crippen molar-refractivity contribution in [3.63, 3.8) is 0 Å². The van der Waals surface area contributed by atoms with Crippen LogP contribution < -0.4 is 4.74 Å². The molecule has 3 nitrogen and oxygen atoms in total. The lowest BCUT2D eigenvalue weighted by Crippen LogP contribution is -2.11. The molecule has 0 amide bonds. The first-order chi connectivity index (χ1) is 16.6. The summed E-state index contributed by atoms with van der Waals surface area (Å²) in [5.74, 6) is -1.34. The smallest absolute Gasteiger partial charge is 0.310 e. The lowest BCUT2D eigenvalue weighted by molar-refractivity contribution is -0.139. The fourth-order valence-electron chi connectivity index (χ4n) is 4.33. The zero-order valence-corrected chi connectivity index (χ0v) is 21.2. The average molecular weight is 471 g/mol. The molecule has 0 aliphatic carbocycles. The molecule has 2 aromatic rings. The molecule has 1 unspecified atom stereocenters. The van der Waals surface area contributed by atoms with Crippen molar-refractivity contribution in [2.45, 2.75) is 103 Å². The van der Waals surface area contributed by atoms with Gasteiger partial charge in [0.25, 0.3) is 0 Å².